The van der Waals surface area contributed by atoms with Crippen LogP contribution in [0.2, 0.25) is 5.02 Å². The number of nitrogens with one attached hydrogen (secondary N) is 2. The first-order chi connectivity index (χ1) is 11.0. The quantitative estimate of drug-likeness (QED) is 0.741. The fraction of sp³-hybridized carbons (Fsp3) is 0.278. The van der Waals surface area contributed by atoms with Crippen LogP contribution in [-0.4, -0.2) is 18.2 Å². The first kappa shape index (κ1) is 17.9. The van der Waals surface area contributed by atoms with Crippen molar-refractivity contribution in [2.75, 3.05) is 11.6 Å². The van der Waals surface area contributed by atoms with Crippen LogP contribution in [0.3, 0.4) is 0 Å². The molecule has 2 unspecified atom stereocenters. The van der Waals surface area contributed by atoms with Gasteiger partial charge in [0.05, 0.1) is 6.04 Å². The Labute approximate surface area is 146 Å². The van der Waals surface area contributed by atoms with E-state index in [0.717, 1.165) is 16.1 Å². The van der Waals surface area contributed by atoms with Gasteiger partial charge in [0, 0.05) is 21.6 Å². The summed E-state index contributed by atoms with van der Waals surface area (Å²) < 4.78 is 0. The third kappa shape index (κ3) is 5.27. The maximum absolute atomic E-state index is 12.3. The van der Waals surface area contributed by atoms with Crippen molar-refractivity contribution >= 4 is 35.0 Å². The Kier molecular flexibility index (Phi) is 6.51. The largest absolute Gasteiger partial charge is 0.325 e. The second-order valence-electron chi connectivity index (χ2n) is 5.39. The molecule has 0 heterocycles. The number of hydrogen-bond acceptors (Lipinski definition) is 3. The van der Waals surface area contributed by atoms with E-state index in [-0.39, 0.29) is 18.0 Å². The number of rotatable bonds is 6. The van der Waals surface area contributed by atoms with Crippen molar-refractivity contribution in [1.82, 2.24) is 5.32 Å². The van der Waals surface area contributed by atoms with Crippen LogP contribution in [0.5, 0.6) is 0 Å². The van der Waals surface area contributed by atoms with Crippen molar-refractivity contribution in [1.29, 1.82) is 0 Å². The summed E-state index contributed by atoms with van der Waals surface area (Å²) in [6, 6.07) is 15.2. The molecule has 3 nitrogen and oxygen atoms in total. The number of hydrogen-bond donors (Lipinski definition) is 2. The molecule has 2 aromatic carbocycles. The highest BCUT2D eigenvalue weighted by atomic mass is 35.5. The Bertz CT molecular complexity index is 678. The molecule has 0 saturated carbocycles. The summed E-state index contributed by atoms with van der Waals surface area (Å²) in [5.41, 5.74) is 1.87. The molecule has 0 aliphatic rings. The summed E-state index contributed by atoms with van der Waals surface area (Å²) in [5.74, 6) is -0.0582. The van der Waals surface area contributed by atoms with Crippen LogP contribution in [-0.2, 0) is 4.79 Å². The van der Waals surface area contributed by atoms with Gasteiger partial charge in [-0.05, 0) is 56.0 Å². The van der Waals surface area contributed by atoms with E-state index in [1.54, 1.807) is 11.8 Å². The number of carbonyl (C=O) groups excluding carboxylic acids is 1. The molecule has 0 aliphatic carbocycles. The molecule has 2 rings (SSSR count). The van der Waals surface area contributed by atoms with Gasteiger partial charge in [-0.1, -0.05) is 29.8 Å². The average molecular weight is 349 g/mol. The standard InChI is InChI=1S/C18H21ClN2OS/c1-12(14-6-4-7-15(19)10-14)20-13(2)18(22)21-16-8-5-9-17(11-16)23-3/h4-13,20H,1-3H3,(H,21,22). The summed E-state index contributed by atoms with van der Waals surface area (Å²) in [4.78, 5) is 13.5. The molecule has 1 amide bonds. The smallest absolute Gasteiger partial charge is 0.241 e. The molecule has 0 radical (unpaired) electrons. The summed E-state index contributed by atoms with van der Waals surface area (Å²) >= 11 is 7.66. The van der Waals surface area contributed by atoms with Crippen LogP contribution in [0, 0.1) is 0 Å². The molecule has 2 N–H and O–H groups in total. The van der Waals surface area contributed by atoms with Gasteiger partial charge >= 0.3 is 0 Å². The van der Waals surface area contributed by atoms with Crippen molar-refractivity contribution in [3.05, 3.63) is 59.1 Å². The van der Waals surface area contributed by atoms with Crippen LogP contribution < -0.4 is 10.6 Å². The van der Waals surface area contributed by atoms with Crippen LogP contribution in [0.25, 0.3) is 0 Å². The number of anilines is 1. The lowest BCUT2D eigenvalue weighted by atomic mass is 10.1. The molecule has 0 saturated heterocycles. The molecule has 0 fully saturated rings. The summed E-state index contributed by atoms with van der Waals surface area (Å²) in [6.07, 6.45) is 2.01. The molecule has 0 aliphatic heterocycles. The predicted octanol–water partition coefficient (Wildman–Crippen LogP) is 4.74. The zero-order chi connectivity index (χ0) is 16.8. The van der Waals surface area contributed by atoms with Crippen molar-refractivity contribution in [2.24, 2.45) is 0 Å². The number of carbonyl (C=O) groups is 1. The van der Waals surface area contributed by atoms with Gasteiger partial charge in [0.1, 0.15) is 0 Å². The minimum Gasteiger partial charge on any atom is -0.325 e. The van der Waals surface area contributed by atoms with Crippen LogP contribution >= 0.6 is 23.4 Å². The minimum absolute atomic E-state index is 0.0342. The van der Waals surface area contributed by atoms with Gasteiger partial charge in [-0.15, -0.1) is 11.8 Å². The van der Waals surface area contributed by atoms with Gasteiger partial charge in [0.15, 0.2) is 0 Å². The van der Waals surface area contributed by atoms with Gasteiger partial charge in [0.25, 0.3) is 0 Å². The number of halogens is 1. The van der Waals surface area contributed by atoms with Crippen molar-refractivity contribution in [2.45, 2.75) is 30.8 Å². The molecule has 0 spiro atoms. The van der Waals surface area contributed by atoms with E-state index < -0.39 is 0 Å². The highest BCUT2D eigenvalue weighted by Gasteiger charge is 2.16. The highest BCUT2D eigenvalue weighted by Crippen LogP contribution is 2.20. The van der Waals surface area contributed by atoms with Crippen LogP contribution in [0.4, 0.5) is 5.69 Å². The fourth-order valence-electron chi connectivity index (χ4n) is 2.27. The normalized spacial score (nSPS) is 13.4. The summed E-state index contributed by atoms with van der Waals surface area (Å²) in [7, 11) is 0. The van der Waals surface area contributed by atoms with Gasteiger partial charge in [-0.25, -0.2) is 0 Å². The van der Waals surface area contributed by atoms with E-state index in [1.807, 2.05) is 68.6 Å². The van der Waals surface area contributed by atoms with E-state index in [4.69, 9.17) is 11.6 Å². The maximum Gasteiger partial charge on any atom is 0.241 e. The monoisotopic (exact) mass is 348 g/mol. The van der Waals surface area contributed by atoms with Crippen molar-refractivity contribution in [3.63, 3.8) is 0 Å². The van der Waals surface area contributed by atoms with Crippen LogP contribution in [0.1, 0.15) is 25.5 Å². The summed E-state index contributed by atoms with van der Waals surface area (Å²) in [6.45, 7) is 3.87. The van der Waals surface area contributed by atoms with E-state index >= 15 is 0 Å². The zero-order valence-corrected chi connectivity index (χ0v) is 15.0. The zero-order valence-electron chi connectivity index (χ0n) is 13.5. The Balaban J connectivity index is 1.96. The van der Waals surface area contributed by atoms with Crippen molar-refractivity contribution < 1.29 is 4.79 Å². The van der Waals surface area contributed by atoms with Crippen molar-refractivity contribution in [3.8, 4) is 0 Å². The topological polar surface area (TPSA) is 41.1 Å². The Morgan fingerprint density at radius 1 is 1.13 bits per heavy atom. The minimum atomic E-state index is -0.318. The molecule has 0 aromatic heterocycles. The SMILES string of the molecule is CSc1cccc(NC(=O)C(C)NC(C)c2cccc(Cl)c2)c1. The lowest BCUT2D eigenvalue weighted by Crippen LogP contribution is -2.39. The van der Waals surface area contributed by atoms with E-state index in [1.165, 1.54) is 0 Å². The number of benzene rings is 2. The first-order valence-electron chi connectivity index (χ1n) is 7.46. The molecular weight excluding hydrogens is 328 g/mol. The third-order valence-corrected chi connectivity index (χ3v) is 4.54. The highest BCUT2D eigenvalue weighted by molar-refractivity contribution is 7.98. The van der Waals surface area contributed by atoms with E-state index in [2.05, 4.69) is 10.6 Å². The summed E-state index contributed by atoms with van der Waals surface area (Å²) in [5, 5.41) is 6.94. The Hall–Kier alpha value is -1.49. The number of thioether (sulfide) groups is 1. The molecule has 23 heavy (non-hydrogen) atoms. The van der Waals surface area contributed by atoms with Gasteiger partial charge < -0.3 is 5.32 Å². The average Bonchev–Trinajstić information content (AvgIpc) is 2.54. The van der Waals surface area contributed by atoms with E-state index in [9.17, 15) is 4.79 Å². The number of amides is 1. The Morgan fingerprint density at radius 3 is 2.57 bits per heavy atom. The molecule has 0 bridgehead atoms. The molecule has 2 atom stereocenters. The molecule has 5 heteroatoms. The molecule has 122 valence electrons. The third-order valence-electron chi connectivity index (χ3n) is 3.58. The predicted molar refractivity (Wildman–Crippen MR) is 99.3 cm³/mol. The second-order valence-corrected chi connectivity index (χ2v) is 6.70. The maximum atomic E-state index is 12.3. The fourth-order valence-corrected chi connectivity index (χ4v) is 2.93. The lowest BCUT2D eigenvalue weighted by molar-refractivity contribution is -0.117. The Morgan fingerprint density at radius 2 is 1.87 bits per heavy atom. The van der Waals surface area contributed by atoms with Crippen LogP contribution in [0.15, 0.2) is 53.4 Å². The molecule has 2 aromatic rings. The van der Waals surface area contributed by atoms with Gasteiger partial charge in [-0.3, -0.25) is 10.1 Å². The molecular formula is C18H21ClN2OS. The first-order valence-corrected chi connectivity index (χ1v) is 9.06. The van der Waals surface area contributed by atoms with Gasteiger partial charge in [-0.2, -0.15) is 0 Å². The lowest BCUT2D eigenvalue weighted by Gasteiger charge is -2.20. The van der Waals surface area contributed by atoms with E-state index in [0.29, 0.717) is 5.02 Å². The van der Waals surface area contributed by atoms with Gasteiger partial charge in [0.2, 0.25) is 5.91 Å². The second kappa shape index (κ2) is 8.39.